The molecule has 21 heavy (non-hydrogen) atoms. The zero-order valence-electron chi connectivity index (χ0n) is 14.0. The fourth-order valence-corrected chi connectivity index (χ4v) is 1.94. The van der Waals surface area contributed by atoms with Crippen LogP contribution in [0.4, 0.5) is 0 Å². The Bertz CT molecular complexity index is 276. The predicted octanol–water partition coefficient (Wildman–Crippen LogP) is 4.40. The second-order valence-electron chi connectivity index (χ2n) is 5.58. The van der Waals surface area contributed by atoms with Gasteiger partial charge < -0.3 is 9.47 Å². The van der Waals surface area contributed by atoms with E-state index in [0.717, 1.165) is 19.3 Å². The summed E-state index contributed by atoms with van der Waals surface area (Å²) in [6.45, 7) is 6.36. The Morgan fingerprint density at radius 2 is 1.43 bits per heavy atom. The molecule has 0 rings (SSSR count). The van der Waals surface area contributed by atoms with Gasteiger partial charge in [0.25, 0.3) is 0 Å². The highest BCUT2D eigenvalue weighted by molar-refractivity contribution is 5.91. The fourth-order valence-electron chi connectivity index (χ4n) is 1.94. The quantitative estimate of drug-likeness (QED) is 0.287. The lowest BCUT2D eigenvalue weighted by atomic mass is 10.1. The Balaban J connectivity index is 3.39. The summed E-state index contributed by atoms with van der Waals surface area (Å²) in [6, 6.07) is 0. The third kappa shape index (κ3) is 13.7. The van der Waals surface area contributed by atoms with Crippen LogP contribution >= 0.6 is 0 Å². The molecule has 0 saturated heterocycles. The van der Waals surface area contributed by atoms with E-state index in [1.165, 1.54) is 38.5 Å². The van der Waals surface area contributed by atoms with E-state index < -0.39 is 11.9 Å². The minimum absolute atomic E-state index is 0.141. The SMILES string of the molecule is CCCCCCCCCCOC(=O)CC(=O)OC(C)CC. The maximum Gasteiger partial charge on any atom is 0.317 e. The molecule has 0 heterocycles. The van der Waals surface area contributed by atoms with Crippen molar-refractivity contribution >= 4 is 11.9 Å². The molecule has 0 aliphatic rings. The molecule has 0 bridgehead atoms. The number of esters is 2. The van der Waals surface area contributed by atoms with Crippen molar-refractivity contribution < 1.29 is 19.1 Å². The van der Waals surface area contributed by atoms with Crippen LogP contribution in [0.1, 0.15) is 85.0 Å². The Morgan fingerprint density at radius 1 is 0.857 bits per heavy atom. The normalized spacial score (nSPS) is 12.0. The highest BCUT2D eigenvalue weighted by Crippen LogP contribution is 2.08. The lowest BCUT2D eigenvalue weighted by Crippen LogP contribution is -2.18. The summed E-state index contributed by atoms with van der Waals surface area (Å²) in [5, 5.41) is 0. The molecule has 0 N–H and O–H groups in total. The van der Waals surface area contributed by atoms with Crippen LogP contribution in [-0.4, -0.2) is 24.6 Å². The van der Waals surface area contributed by atoms with Gasteiger partial charge in [0, 0.05) is 0 Å². The molecule has 0 aliphatic carbocycles. The third-order valence-electron chi connectivity index (χ3n) is 3.46. The van der Waals surface area contributed by atoms with Gasteiger partial charge >= 0.3 is 11.9 Å². The van der Waals surface area contributed by atoms with Crippen LogP contribution < -0.4 is 0 Å². The summed E-state index contributed by atoms with van der Waals surface area (Å²) in [4.78, 5) is 22.8. The van der Waals surface area contributed by atoms with Gasteiger partial charge in [0.1, 0.15) is 6.42 Å². The van der Waals surface area contributed by atoms with E-state index in [1.807, 2.05) is 13.8 Å². The lowest BCUT2D eigenvalue weighted by Gasteiger charge is -2.10. The van der Waals surface area contributed by atoms with Gasteiger partial charge in [-0.3, -0.25) is 9.59 Å². The largest absolute Gasteiger partial charge is 0.465 e. The van der Waals surface area contributed by atoms with Crippen molar-refractivity contribution in [2.24, 2.45) is 0 Å². The molecule has 0 saturated carbocycles. The highest BCUT2D eigenvalue weighted by Gasteiger charge is 2.14. The van der Waals surface area contributed by atoms with Crippen LogP contribution in [0.5, 0.6) is 0 Å². The first kappa shape index (κ1) is 19.9. The molecular formula is C17H32O4. The molecule has 0 fully saturated rings. The molecule has 0 aromatic heterocycles. The van der Waals surface area contributed by atoms with Gasteiger partial charge in [0.2, 0.25) is 0 Å². The van der Waals surface area contributed by atoms with Crippen LogP contribution in [0.2, 0.25) is 0 Å². The van der Waals surface area contributed by atoms with Gasteiger partial charge in [-0.2, -0.15) is 0 Å². The van der Waals surface area contributed by atoms with Crippen LogP contribution in [0.15, 0.2) is 0 Å². The molecule has 0 aromatic carbocycles. The number of ether oxygens (including phenoxy) is 2. The van der Waals surface area contributed by atoms with Crippen LogP contribution in [-0.2, 0) is 19.1 Å². The molecule has 0 amide bonds. The Morgan fingerprint density at radius 3 is 2.00 bits per heavy atom. The van der Waals surface area contributed by atoms with Crippen molar-refractivity contribution in [3.63, 3.8) is 0 Å². The molecule has 4 nitrogen and oxygen atoms in total. The summed E-state index contributed by atoms with van der Waals surface area (Å²) in [7, 11) is 0. The monoisotopic (exact) mass is 300 g/mol. The van der Waals surface area contributed by atoms with Crippen molar-refractivity contribution in [3.05, 3.63) is 0 Å². The van der Waals surface area contributed by atoms with Gasteiger partial charge in [-0.15, -0.1) is 0 Å². The summed E-state index contributed by atoms with van der Waals surface area (Å²) in [5.41, 5.74) is 0. The molecule has 1 unspecified atom stereocenters. The number of hydrogen-bond donors (Lipinski definition) is 0. The van der Waals surface area contributed by atoms with Gasteiger partial charge in [0.05, 0.1) is 12.7 Å². The molecular weight excluding hydrogens is 268 g/mol. The first-order valence-electron chi connectivity index (χ1n) is 8.45. The van der Waals surface area contributed by atoms with Gasteiger partial charge in [-0.05, 0) is 19.8 Å². The molecule has 0 aliphatic heterocycles. The number of carbonyl (C=O) groups is 2. The van der Waals surface area contributed by atoms with Crippen LogP contribution in [0.25, 0.3) is 0 Å². The third-order valence-corrected chi connectivity index (χ3v) is 3.46. The van der Waals surface area contributed by atoms with E-state index in [-0.39, 0.29) is 12.5 Å². The van der Waals surface area contributed by atoms with Crippen molar-refractivity contribution in [2.75, 3.05) is 6.61 Å². The molecule has 4 heteroatoms. The maximum atomic E-state index is 11.4. The zero-order valence-corrected chi connectivity index (χ0v) is 14.0. The summed E-state index contributed by atoms with van der Waals surface area (Å²) in [6.07, 6.45) is 9.96. The van der Waals surface area contributed by atoms with Crippen molar-refractivity contribution in [3.8, 4) is 0 Å². The Labute approximate surface area is 129 Å². The standard InChI is InChI=1S/C17H32O4/c1-4-6-7-8-9-10-11-12-13-20-16(18)14-17(19)21-15(3)5-2/h15H,4-14H2,1-3H3. The van der Waals surface area contributed by atoms with E-state index in [0.29, 0.717) is 6.61 Å². The molecule has 124 valence electrons. The number of unbranched alkanes of at least 4 members (excludes halogenated alkanes) is 7. The molecule has 1 atom stereocenters. The summed E-state index contributed by atoms with van der Waals surface area (Å²) in [5.74, 6) is -0.975. The fraction of sp³-hybridized carbons (Fsp3) is 0.882. The van der Waals surface area contributed by atoms with E-state index >= 15 is 0 Å². The number of carbonyl (C=O) groups excluding carboxylic acids is 2. The van der Waals surface area contributed by atoms with E-state index in [1.54, 1.807) is 0 Å². The van der Waals surface area contributed by atoms with Gasteiger partial charge in [0.15, 0.2) is 0 Å². The van der Waals surface area contributed by atoms with Gasteiger partial charge in [-0.25, -0.2) is 0 Å². The zero-order chi connectivity index (χ0) is 15.9. The van der Waals surface area contributed by atoms with E-state index in [9.17, 15) is 9.59 Å². The maximum absolute atomic E-state index is 11.4. The Hall–Kier alpha value is -1.06. The summed E-state index contributed by atoms with van der Waals surface area (Å²) >= 11 is 0. The van der Waals surface area contributed by atoms with Crippen LogP contribution in [0.3, 0.4) is 0 Å². The van der Waals surface area contributed by atoms with E-state index in [4.69, 9.17) is 9.47 Å². The second kappa shape index (κ2) is 13.9. The molecule has 0 spiro atoms. The van der Waals surface area contributed by atoms with Crippen molar-refractivity contribution in [2.45, 2.75) is 91.1 Å². The lowest BCUT2D eigenvalue weighted by molar-refractivity contribution is -0.157. The van der Waals surface area contributed by atoms with Crippen LogP contribution in [0, 0.1) is 0 Å². The van der Waals surface area contributed by atoms with E-state index in [2.05, 4.69) is 6.92 Å². The first-order valence-corrected chi connectivity index (χ1v) is 8.45. The topological polar surface area (TPSA) is 52.6 Å². The molecule has 0 aromatic rings. The summed E-state index contributed by atoms with van der Waals surface area (Å²) < 4.78 is 10.1. The van der Waals surface area contributed by atoms with Gasteiger partial charge in [-0.1, -0.05) is 58.8 Å². The highest BCUT2D eigenvalue weighted by atomic mass is 16.6. The Kier molecular flexibility index (Phi) is 13.2. The second-order valence-corrected chi connectivity index (χ2v) is 5.58. The average Bonchev–Trinajstić information content (AvgIpc) is 2.45. The molecule has 0 radical (unpaired) electrons. The minimum atomic E-state index is -0.495. The predicted molar refractivity (Wildman–Crippen MR) is 84.0 cm³/mol. The van der Waals surface area contributed by atoms with Crippen molar-refractivity contribution in [1.29, 1.82) is 0 Å². The smallest absolute Gasteiger partial charge is 0.317 e. The number of hydrogen-bond acceptors (Lipinski definition) is 4. The number of rotatable bonds is 13. The first-order chi connectivity index (χ1) is 10.1. The van der Waals surface area contributed by atoms with Crippen molar-refractivity contribution in [1.82, 2.24) is 0 Å². The minimum Gasteiger partial charge on any atom is -0.465 e. The average molecular weight is 300 g/mol.